The number of carbonyl (C=O) groups is 9. The normalized spacial score (nSPS) is 15.9. The van der Waals surface area contributed by atoms with Crippen LogP contribution < -0.4 is 37.6 Å². The predicted molar refractivity (Wildman–Crippen MR) is 328 cm³/mol. The van der Waals surface area contributed by atoms with Gasteiger partial charge in [-0.2, -0.15) is 0 Å². The highest BCUT2D eigenvalue weighted by atomic mass is 127. The number of hydrogen-bond donors (Lipinski definition) is 10. The maximum Gasteiger partial charge on any atom is 0.318 e. The summed E-state index contributed by atoms with van der Waals surface area (Å²) in [6.07, 6.45) is 2.40. The van der Waals surface area contributed by atoms with Crippen molar-refractivity contribution in [2.45, 2.75) is 141 Å². The average molecular weight is 1340 g/mol. The van der Waals surface area contributed by atoms with Gasteiger partial charge in [0.25, 0.3) is 0 Å². The third-order valence-corrected chi connectivity index (χ3v) is 21.5. The second kappa shape index (κ2) is 32.4. The number of pyridine rings is 1. The molecule has 8 amide bonds. The van der Waals surface area contributed by atoms with E-state index in [1.165, 1.54) is 22.2 Å². The molecule has 2 aromatic heterocycles. The molecule has 1 aliphatic heterocycles. The zero-order valence-corrected chi connectivity index (χ0v) is 53.4. The van der Waals surface area contributed by atoms with Gasteiger partial charge in [0.2, 0.25) is 47.3 Å². The minimum absolute atomic E-state index is 0.000980. The van der Waals surface area contributed by atoms with Crippen LogP contribution in [0.3, 0.4) is 0 Å². The predicted octanol–water partition coefficient (Wildman–Crippen LogP) is 3.02. The molecule has 3 heterocycles. The standard InChI is InChI=1S/C60H80F2N11O12.Al.HI/c1-36(2)60(7,31-53(80)81)30-50(77)67-32-51(78)65-22-23-66-55(82)44(69-56(83)45(29-48(63)75)70-57(84)46-14-11-24-72(46)58(85)37(3)68-49(76)26-38-17-20-64-21-18-38)19-25-73(52(79)35-74)54(59(4,5)6)47-27-40(42-28-41(61)15-16-43(42)62)34-71(47)33-39-12-9-8-10-13-39;;/h8-10,12-13,15-18,20-21,27-28,34,37,44-46,54,58,74,85H,11,14,19,22-26,29-33,35H2,1-7H3,(H2,63,75)(H,65,78)(H,66,82)(H,67,77)(H,68,76)(H,69,83)(H,70,84)(H,80,81);;1H/q;+1;/p-1/t37-,44-,45-,46+,54-,58?,60?;;/m0../s1. The van der Waals surface area contributed by atoms with E-state index in [1.807, 2.05) is 65.0 Å². The number of rotatable bonds is 32. The van der Waals surface area contributed by atoms with Crippen molar-refractivity contribution in [2.75, 3.05) is 39.3 Å². The number of hydrogen-bond acceptors (Lipinski definition) is 13. The first-order valence-electron chi connectivity index (χ1n) is 28.6. The lowest BCUT2D eigenvalue weighted by atomic mass is 9.72. The summed E-state index contributed by atoms with van der Waals surface area (Å²) in [4.78, 5) is 127. The summed E-state index contributed by atoms with van der Waals surface area (Å²) in [5.41, 5.74) is 5.96. The van der Waals surface area contributed by atoms with Crippen LogP contribution in [-0.4, -0.2) is 170 Å². The van der Waals surface area contributed by atoms with Crippen LogP contribution in [0, 0.1) is 22.5 Å². The molecule has 471 valence electrons. The van der Waals surface area contributed by atoms with Crippen molar-refractivity contribution < 1.29 is 67.3 Å². The third-order valence-electron chi connectivity index (χ3n) is 15.6. The van der Waals surface area contributed by atoms with Gasteiger partial charge >= 0.3 is 17.9 Å². The molecular weight excluding hydrogens is 1260 g/mol. The van der Waals surface area contributed by atoms with Gasteiger partial charge in [0.15, 0.2) is 0 Å². The SMILES string of the molecule is C[C@H](NC(=O)Cc1ccncc1)C(O)N1CCC[C@@H]1C(=O)N[C@@H](CC(N)=O)C(=O)N[C@@H](CCN(C(=O)CO)[C@@H](c1cc(-c2cc(F)ccc2F)cn1Cc1ccccc1)C(C)(C)C)C(=O)NCCNC(=O)CNC(=O)CC(C)(CC(=O)O)[C](C)(C)[Al][I]. The van der Waals surface area contributed by atoms with E-state index in [1.54, 1.807) is 42.8 Å². The van der Waals surface area contributed by atoms with Crippen molar-refractivity contribution in [1.29, 1.82) is 0 Å². The van der Waals surface area contributed by atoms with Gasteiger partial charge in [-0.25, -0.2) is 29.1 Å². The molecule has 11 N–H and O–H groups in total. The third kappa shape index (κ3) is 20.6. The highest BCUT2D eigenvalue weighted by molar-refractivity contribution is 14.1. The van der Waals surface area contributed by atoms with E-state index >= 15 is 4.39 Å². The Morgan fingerprint density at radius 2 is 1.51 bits per heavy atom. The first-order chi connectivity index (χ1) is 41.0. The van der Waals surface area contributed by atoms with Crippen molar-refractivity contribution >= 4 is 85.4 Å². The molecule has 0 aliphatic carbocycles. The number of carboxylic acid groups (broad SMARTS) is 1. The Morgan fingerprint density at radius 3 is 2.14 bits per heavy atom. The smallest absolute Gasteiger partial charge is 0.318 e. The number of nitrogens with two attached hydrogens (primary N) is 1. The highest BCUT2D eigenvalue weighted by Crippen LogP contribution is 2.50. The summed E-state index contributed by atoms with van der Waals surface area (Å²) < 4.78 is 31.5. The number of benzene rings is 2. The second-order valence-corrected chi connectivity index (χ2v) is 27.3. The van der Waals surface area contributed by atoms with Crippen LogP contribution in [0.1, 0.15) is 110 Å². The van der Waals surface area contributed by atoms with Crippen LogP contribution in [0.2, 0.25) is 4.28 Å². The van der Waals surface area contributed by atoms with E-state index in [4.69, 9.17) is 5.73 Å². The number of nitrogens with one attached hydrogen (secondary N) is 6. The molecule has 1 fully saturated rings. The van der Waals surface area contributed by atoms with E-state index in [9.17, 15) is 62.9 Å². The molecule has 1 aliphatic rings. The molecule has 0 bridgehead atoms. The molecule has 1 radical (unpaired) electrons. The molecule has 4 aromatic rings. The second-order valence-electron chi connectivity index (χ2n) is 23.7. The van der Waals surface area contributed by atoms with Crippen LogP contribution in [0.5, 0.6) is 0 Å². The molecule has 7 atom stereocenters. The lowest BCUT2D eigenvalue weighted by molar-refractivity contribution is -0.141. The Hall–Kier alpha value is -6.90. The number of primary amides is 1. The van der Waals surface area contributed by atoms with Crippen molar-refractivity contribution in [3.63, 3.8) is 0 Å². The van der Waals surface area contributed by atoms with Crippen LogP contribution in [0.25, 0.3) is 11.1 Å². The van der Waals surface area contributed by atoms with Gasteiger partial charge in [-0.15, -0.1) is 0 Å². The largest absolute Gasteiger partial charge is 0.481 e. The van der Waals surface area contributed by atoms with E-state index in [0.29, 0.717) is 17.7 Å². The van der Waals surface area contributed by atoms with Crippen LogP contribution in [0.15, 0.2) is 85.3 Å². The summed E-state index contributed by atoms with van der Waals surface area (Å²) in [7, 11) is 0. The molecule has 23 nitrogen and oxygen atoms in total. The first-order valence-corrected chi connectivity index (χ1v) is 33.3. The number of halogens is 3. The summed E-state index contributed by atoms with van der Waals surface area (Å²) in [5.74, 6) is -8.58. The molecule has 27 heteroatoms. The van der Waals surface area contributed by atoms with E-state index in [2.05, 4.69) is 57.2 Å². The summed E-state index contributed by atoms with van der Waals surface area (Å²) >= 11 is 1.95. The maximum absolute atomic E-state index is 15.5. The van der Waals surface area contributed by atoms with Crippen molar-refractivity contribution in [2.24, 2.45) is 16.6 Å². The Kier molecular flexibility index (Phi) is 26.4. The lowest BCUT2D eigenvalue weighted by Gasteiger charge is -2.42. The van der Waals surface area contributed by atoms with E-state index < -0.39 is 136 Å². The number of nitrogens with zero attached hydrogens (tertiary/aromatic N) is 4. The minimum Gasteiger partial charge on any atom is -0.481 e. The van der Waals surface area contributed by atoms with Gasteiger partial charge in [0.1, 0.15) is 36.6 Å². The molecular formula is C60H80AlF2IN11O12. The zero-order chi connectivity index (χ0) is 64.4. The number of carbonyl (C=O) groups excluding carboxylic acids is 8. The fourth-order valence-corrected chi connectivity index (χ4v) is 13.2. The van der Waals surface area contributed by atoms with Gasteiger partial charge in [-0.3, -0.25) is 53.0 Å². The van der Waals surface area contributed by atoms with Gasteiger partial charge < -0.3 is 62.4 Å². The van der Waals surface area contributed by atoms with Crippen LogP contribution >= 0.6 is 20.3 Å². The van der Waals surface area contributed by atoms with E-state index in [-0.39, 0.29) is 87.9 Å². The summed E-state index contributed by atoms with van der Waals surface area (Å²) in [6, 6.07) is 11.0. The molecule has 2 aromatic carbocycles. The van der Waals surface area contributed by atoms with Gasteiger partial charge in [0, 0.05) is 74.6 Å². The van der Waals surface area contributed by atoms with Gasteiger partial charge in [0.05, 0.1) is 43.9 Å². The van der Waals surface area contributed by atoms with Crippen molar-refractivity contribution in [3.8, 4) is 11.1 Å². The van der Waals surface area contributed by atoms with Crippen LogP contribution in [0.4, 0.5) is 8.78 Å². The molecule has 5 rings (SSSR count). The fourth-order valence-electron chi connectivity index (χ4n) is 10.5. The molecule has 1 saturated heterocycles. The van der Waals surface area contributed by atoms with Gasteiger partial charge in [-0.1, -0.05) is 76.2 Å². The number of amides is 8. The number of aromatic nitrogens is 2. The Balaban J connectivity index is 1.41. The van der Waals surface area contributed by atoms with Crippen molar-refractivity contribution in [3.05, 3.63) is 114 Å². The summed E-state index contributed by atoms with van der Waals surface area (Å²) in [5, 5.41) is 47.4. The number of aliphatic carboxylic acids is 1. The quantitative estimate of drug-likeness (QED) is 0.0191. The maximum atomic E-state index is 15.5. The molecule has 0 spiro atoms. The number of carboxylic acids is 1. The lowest BCUT2D eigenvalue weighted by Crippen LogP contribution is -2.59. The molecule has 87 heavy (non-hydrogen) atoms. The summed E-state index contributed by atoms with van der Waals surface area (Å²) in [6.45, 7) is 10.6. The minimum atomic E-state index is -1.70. The topological polar surface area (TPSA) is 337 Å². The molecule has 0 saturated carbocycles. The number of aliphatic hydroxyl groups excluding tert-OH is 2. The average Bonchev–Trinajstić information content (AvgIpc) is 1.76. The Morgan fingerprint density at radius 1 is 0.828 bits per heavy atom. The van der Waals surface area contributed by atoms with Gasteiger partial charge in [-0.05, 0) is 84.5 Å². The van der Waals surface area contributed by atoms with E-state index in [0.717, 1.165) is 23.8 Å². The fraction of sp³-hybridized carbons (Fsp3) is 0.500. The zero-order valence-electron chi connectivity index (χ0n) is 50.0. The highest BCUT2D eigenvalue weighted by Gasteiger charge is 2.45. The Labute approximate surface area is 522 Å². The van der Waals surface area contributed by atoms with Crippen LogP contribution in [-0.2, 0) is 56.1 Å². The first kappa shape index (κ1) is 70.9. The number of aliphatic hydroxyl groups is 2. The molecule has 2 unspecified atom stereocenters. The Bertz CT molecular complexity index is 3070. The monoisotopic (exact) mass is 1340 g/mol. The van der Waals surface area contributed by atoms with Crippen molar-refractivity contribution in [1.82, 2.24) is 51.3 Å². The number of likely N-dealkylation sites (tertiary alicyclic amines) is 1.